The van der Waals surface area contributed by atoms with E-state index in [0.717, 1.165) is 5.56 Å². The topological polar surface area (TPSA) is 108 Å². The second-order valence-corrected chi connectivity index (χ2v) is 9.34. The molecule has 0 aliphatic rings. The maximum Gasteiger partial charge on any atom is 0.319 e. The minimum absolute atomic E-state index is 0.146. The van der Waals surface area contributed by atoms with E-state index in [1.807, 2.05) is 6.07 Å². The van der Waals surface area contributed by atoms with Gasteiger partial charge in [-0.05, 0) is 53.6 Å². The molecule has 3 amide bonds. The smallest absolute Gasteiger partial charge is 0.319 e. The highest BCUT2D eigenvalue weighted by molar-refractivity contribution is 7.90. The molecule has 166 valence electrons. The molecule has 0 atom stereocenters. The molecule has 0 bridgehead atoms. The minimum Gasteiger partial charge on any atom is -0.345 e. The molecule has 3 rings (SSSR count). The van der Waals surface area contributed by atoms with Gasteiger partial charge in [0.2, 0.25) is 0 Å². The molecule has 0 unspecified atom stereocenters. The quantitative estimate of drug-likeness (QED) is 0.573. The zero-order chi connectivity index (χ0) is 23.1. The number of hydrogen-bond acceptors (Lipinski definition) is 5. The number of urea groups is 1. The number of nitrogens with one attached hydrogen (secondary N) is 2. The third-order valence-electron chi connectivity index (χ3n) is 4.61. The van der Waals surface area contributed by atoms with Crippen LogP contribution in [0.4, 0.5) is 10.5 Å². The van der Waals surface area contributed by atoms with Gasteiger partial charge in [0.1, 0.15) is 0 Å². The molecule has 0 spiro atoms. The molecular formula is C23H24N4O4S. The summed E-state index contributed by atoms with van der Waals surface area (Å²) in [5.74, 6) is -0.339. The first-order valence-corrected chi connectivity index (χ1v) is 11.5. The Morgan fingerprint density at radius 3 is 2.22 bits per heavy atom. The summed E-state index contributed by atoms with van der Waals surface area (Å²) >= 11 is 0. The highest BCUT2D eigenvalue weighted by atomic mass is 32.2. The van der Waals surface area contributed by atoms with Crippen molar-refractivity contribution in [2.75, 3.05) is 19.4 Å². The summed E-state index contributed by atoms with van der Waals surface area (Å²) in [5.41, 5.74) is 2.41. The molecule has 1 heterocycles. The lowest BCUT2D eigenvalue weighted by atomic mass is 10.1. The van der Waals surface area contributed by atoms with Gasteiger partial charge in [0.15, 0.2) is 9.84 Å². The van der Waals surface area contributed by atoms with Crippen LogP contribution >= 0.6 is 0 Å². The van der Waals surface area contributed by atoms with E-state index in [1.54, 1.807) is 56.8 Å². The first-order valence-electron chi connectivity index (χ1n) is 9.82. The van der Waals surface area contributed by atoms with Crippen molar-refractivity contribution >= 4 is 27.5 Å². The van der Waals surface area contributed by atoms with Gasteiger partial charge in [0.25, 0.3) is 5.91 Å². The van der Waals surface area contributed by atoms with Crippen molar-refractivity contribution in [3.63, 3.8) is 0 Å². The minimum atomic E-state index is -3.58. The van der Waals surface area contributed by atoms with E-state index in [9.17, 15) is 18.0 Å². The van der Waals surface area contributed by atoms with Crippen LogP contribution in [0, 0.1) is 0 Å². The third kappa shape index (κ3) is 6.14. The van der Waals surface area contributed by atoms with E-state index in [1.165, 1.54) is 29.2 Å². The number of amides is 3. The molecule has 2 N–H and O–H groups in total. The summed E-state index contributed by atoms with van der Waals surface area (Å²) in [5, 5.41) is 5.37. The first-order chi connectivity index (χ1) is 15.2. The van der Waals surface area contributed by atoms with E-state index in [4.69, 9.17) is 0 Å². The Hall–Kier alpha value is -3.72. The predicted molar refractivity (Wildman–Crippen MR) is 122 cm³/mol. The van der Waals surface area contributed by atoms with E-state index in [0.29, 0.717) is 23.4 Å². The van der Waals surface area contributed by atoms with E-state index in [2.05, 4.69) is 15.6 Å². The molecule has 0 saturated heterocycles. The van der Waals surface area contributed by atoms with Crippen LogP contribution < -0.4 is 10.6 Å². The highest BCUT2D eigenvalue weighted by Gasteiger charge is 2.16. The van der Waals surface area contributed by atoms with Crippen LogP contribution in [0.15, 0.2) is 78.0 Å². The van der Waals surface area contributed by atoms with Gasteiger partial charge in [-0.3, -0.25) is 9.78 Å². The van der Waals surface area contributed by atoms with E-state index >= 15 is 0 Å². The van der Waals surface area contributed by atoms with Crippen LogP contribution in [0.3, 0.4) is 0 Å². The van der Waals surface area contributed by atoms with Crippen molar-refractivity contribution in [2.24, 2.45) is 0 Å². The van der Waals surface area contributed by atoms with Gasteiger partial charge >= 0.3 is 6.03 Å². The number of carbonyl (C=O) groups excluding carboxylic acids is 2. The van der Waals surface area contributed by atoms with Crippen LogP contribution in [0.25, 0.3) is 0 Å². The van der Waals surface area contributed by atoms with Crippen molar-refractivity contribution < 1.29 is 18.0 Å². The zero-order valence-corrected chi connectivity index (χ0v) is 18.6. The summed E-state index contributed by atoms with van der Waals surface area (Å²) in [7, 11) is -0.272. The van der Waals surface area contributed by atoms with Crippen molar-refractivity contribution in [3.8, 4) is 0 Å². The highest BCUT2D eigenvalue weighted by Crippen LogP contribution is 2.19. The Balaban J connectivity index is 1.59. The first kappa shape index (κ1) is 23.0. The number of anilines is 1. The second kappa shape index (κ2) is 10.1. The summed E-state index contributed by atoms with van der Waals surface area (Å²) in [4.78, 5) is 29.6. The molecular weight excluding hydrogens is 428 g/mol. The molecule has 0 radical (unpaired) electrons. The predicted octanol–water partition coefficient (Wildman–Crippen LogP) is 3.08. The number of pyridine rings is 1. The third-order valence-corrected chi connectivity index (χ3v) is 6.31. The van der Waals surface area contributed by atoms with Crippen molar-refractivity contribution in [1.82, 2.24) is 15.2 Å². The Bertz CT molecular complexity index is 1180. The molecule has 3 aromatic rings. The lowest BCUT2D eigenvalue weighted by molar-refractivity contribution is 0.0827. The average molecular weight is 453 g/mol. The molecule has 0 fully saturated rings. The molecule has 2 aromatic carbocycles. The normalized spacial score (nSPS) is 10.9. The Kier molecular flexibility index (Phi) is 7.21. The number of nitrogens with zero attached hydrogens (tertiary/aromatic N) is 2. The number of rotatable bonds is 7. The van der Waals surface area contributed by atoms with Crippen molar-refractivity contribution in [1.29, 1.82) is 0 Å². The van der Waals surface area contributed by atoms with Gasteiger partial charge in [-0.15, -0.1) is 0 Å². The van der Waals surface area contributed by atoms with Crippen LogP contribution in [0.5, 0.6) is 0 Å². The average Bonchev–Trinajstić information content (AvgIpc) is 2.78. The monoisotopic (exact) mass is 452 g/mol. The largest absolute Gasteiger partial charge is 0.345 e. The lowest BCUT2D eigenvalue weighted by Gasteiger charge is -2.11. The molecule has 32 heavy (non-hydrogen) atoms. The molecule has 1 aromatic heterocycles. The number of carbonyl (C=O) groups is 2. The maximum atomic E-state index is 12.7. The Morgan fingerprint density at radius 1 is 0.938 bits per heavy atom. The van der Waals surface area contributed by atoms with Crippen LogP contribution in [0.1, 0.15) is 21.5 Å². The SMILES string of the molecule is CN(C)C(=O)c1ccc(CS(=O)(=O)c2ccc(NC(=O)NCc3cccnc3)cc2)cc1. The Labute approximate surface area is 187 Å². The van der Waals surface area contributed by atoms with Crippen molar-refractivity contribution in [3.05, 3.63) is 89.7 Å². The summed E-state index contributed by atoms with van der Waals surface area (Å²) in [6.45, 7) is 0.324. The molecule has 0 aliphatic carbocycles. The number of benzene rings is 2. The number of sulfone groups is 1. The van der Waals surface area contributed by atoms with Gasteiger partial charge in [0, 0.05) is 44.3 Å². The van der Waals surface area contributed by atoms with Crippen LogP contribution in [-0.4, -0.2) is 44.3 Å². The number of hydrogen-bond donors (Lipinski definition) is 2. The van der Waals surface area contributed by atoms with Gasteiger partial charge in [-0.25, -0.2) is 13.2 Å². The fourth-order valence-electron chi connectivity index (χ4n) is 2.91. The van der Waals surface area contributed by atoms with Gasteiger partial charge in [-0.1, -0.05) is 18.2 Å². The second-order valence-electron chi connectivity index (χ2n) is 7.35. The van der Waals surface area contributed by atoms with Gasteiger partial charge < -0.3 is 15.5 Å². The van der Waals surface area contributed by atoms with Crippen molar-refractivity contribution in [2.45, 2.75) is 17.2 Å². The number of aromatic nitrogens is 1. The molecule has 9 heteroatoms. The van der Waals surface area contributed by atoms with E-state index in [-0.39, 0.29) is 16.6 Å². The summed E-state index contributed by atoms with van der Waals surface area (Å²) in [6.07, 6.45) is 3.31. The maximum absolute atomic E-state index is 12.7. The molecule has 0 saturated carbocycles. The Morgan fingerprint density at radius 2 is 1.62 bits per heavy atom. The van der Waals surface area contributed by atoms with Gasteiger partial charge in [0.05, 0.1) is 10.6 Å². The van der Waals surface area contributed by atoms with Gasteiger partial charge in [-0.2, -0.15) is 0 Å². The molecule has 8 nitrogen and oxygen atoms in total. The van der Waals surface area contributed by atoms with E-state index < -0.39 is 15.9 Å². The summed E-state index contributed by atoms with van der Waals surface area (Å²) in [6, 6.07) is 15.7. The van der Waals surface area contributed by atoms with Crippen LogP contribution in [0.2, 0.25) is 0 Å². The summed E-state index contributed by atoms with van der Waals surface area (Å²) < 4.78 is 25.5. The zero-order valence-electron chi connectivity index (χ0n) is 17.8. The molecule has 0 aliphatic heterocycles. The fraction of sp³-hybridized carbons (Fsp3) is 0.174. The lowest BCUT2D eigenvalue weighted by Crippen LogP contribution is -2.28. The van der Waals surface area contributed by atoms with Crippen LogP contribution in [-0.2, 0) is 22.1 Å². The standard InChI is InChI=1S/C23H24N4O4S/c1-27(2)22(28)19-7-5-17(6-8-19)16-32(30,31)21-11-9-20(10-12-21)26-23(29)25-15-18-4-3-13-24-14-18/h3-14H,15-16H2,1-2H3,(H2,25,26,29). The fourth-order valence-corrected chi connectivity index (χ4v) is 4.26.